The fourth-order valence-electron chi connectivity index (χ4n) is 1.07. The van der Waals surface area contributed by atoms with Crippen LogP contribution in [0.25, 0.3) is 0 Å². The first-order valence-corrected chi connectivity index (χ1v) is 4.75. The molecule has 5 nitrogen and oxygen atoms in total. The molecule has 0 aliphatic rings. The zero-order valence-corrected chi connectivity index (χ0v) is 8.57. The Morgan fingerprint density at radius 2 is 2.47 bits per heavy atom. The van der Waals surface area contributed by atoms with Crippen molar-refractivity contribution in [2.45, 2.75) is 19.4 Å². The topological polar surface area (TPSA) is 95.0 Å². The number of nitrogen functional groups attached to an aromatic ring is 1. The first kappa shape index (κ1) is 11.3. The highest BCUT2D eigenvalue weighted by molar-refractivity contribution is 5.68. The number of aromatic nitrogens is 1. The van der Waals surface area contributed by atoms with Gasteiger partial charge in [-0.1, -0.05) is 6.92 Å². The van der Waals surface area contributed by atoms with Crippen LogP contribution in [0.2, 0.25) is 0 Å². The number of nitrogens with two attached hydrogens (primary N) is 1. The van der Waals surface area contributed by atoms with Crippen molar-refractivity contribution >= 4 is 11.5 Å². The first-order chi connectivity index (χ1) is 7.19. The van der Waals surface area contributed by atoms with Gasteiger partial charge in [0.1, 0.15) is 6.07 Å². The van der Waals surface area contributed by atoms with Gasteiger partial charge in [-0.15, -0.1) is 0 Å². The Morgan fingerprint density at radius 3 is 3.07 bits per heavy atom. The second-order valence-corrected chi connectivity index (χ2v) is 3.18. The van der Waals surface area contributed by atoms with E-state index in [0.29, 0.717) is 30.0 Å². The molecule has 0 fully saturated rings. The largest absolute Gasteiger partial charge is 0.395 e. The summed E-state index contributed by atoms with van der Waals surface area (Å²) < 4.78 is 0. The van der Waals surface area contributed by atoms with Crippen molar-refractivity contribution < 1.29 is 5.11 Å². The van der Waals surface area contributed by atoms with Crippen molar-refractivity contribution in [1.29, 1.82) is 5.26 Å². The lowest BCUT2D eigenvalue weighted by atomic mass is 10.2. The monoisotopic (exact) mass is 206 g/mol. The molecule has 0 aliphatic carbocycles. The van der Waals surface area contributed by atoms with E-state index in [1.54, 1.807) is 6.07 Å². The number of aliphatic hydroxyl groups is 1. The second kappa shape index (κ2) is 5.17. The van der Waals surface area contributed by atoms with Gasteiger partial charge < -0.3 is 16.2 Å². The summed E-state index contributed by atoms with van der Waals surface area (Å²) in [5.74, 6) is 0.446. The molecule has 0 aliphatic heterocycles. The minimum absolute atomic E-state index is 0.323. The lowest BCUT2D eigenvalue weighted by molar-refractivity contribution is 0.183. The van der Waals surface area contributed by atoms with Crippen LogP contribution >= 0.6 is 0 Å². The van der Waals surface area contributed by atoms with Crippen LogP contribution in [0.15, 0.2) is 12.3 Å². The van der Waals surface area contributed by atoms with Gasteiger partial charge in [-0.3, -0.25) is 0 Å². The van der Waals surface area contributed by atoms with Crippen molar-refractivity contribution in [3.05, 3.63) is 17.8 Å². The third kappa shape index (κ3) is 2.82. The second-order valence-electron chi connectivity index (χ2n) is 3.18. The highest BCUT2D eigenvalue weighted by Gasteiger charge is 2.07. The van der Waals surface area contributed by atoms with Gasteiger partial charge in [-0.05, 0) is 12.5 Å². The summed E-state index contributed by atoms with van der Waals surface area (Å²) in [6.45, 7) is 2.26. The highest BCUT2D eigenvalue weighted by Crippen LogP contribution is 2.18. The number of nitrogens with zero attached hydrogens (tertiary/aromatic N) is 2. The van der Waals surface area contributed by atoms with Gasteiger partial charge in [-0.2, -0.15) is 5.26 Å². The van der Waals surface area contributed by atoms with Crippen LogP contribution in [0.5, 0.6) is 0 Å². The van der Waals surface area contributed by atoms with Gasteiger partial charge >= 0.3 is 0 Å². The van der Waals surface area contributed by atoms with E-state index >= 15 is 0 Å². The maximum atomic E-state index is 9.34. The standard InChI is InChI=1S/C10H14N4O/c1-2-8(15)6-14-10-9(12)7(5-11)3-4-13-10/h3-4,8,15H,2,6,12H2,1H3,(H,13,14). The van der Waals surface area contributed by atoms with Gasteiger partial charge in [0, 0.05) is 12.7 Å². The van der Waals surface area contributed by atoms with Crippen molar-refractivity contribution in [2.75, 3.05) is 17.6 Å². The van der Waals surface area contributed by atoms with Crippen molar-refractivity contribution in [2.24, 2.45) is 0 Å². The molecule has 80 valence electrons. The molecule has 0 saturated heterocycles. The molecule has 4 N–H and O–H groups in total. The van der Waals surface area contributed by atoms with Crippen LogP contribution in [0.1, 0.15) is 18.9 Å². The summed E-state index contributed by atoms with van der Waals surface area (Å²) >= 11 is 0. The molecular formula is C10H14N4O. The van der Waals surface area contributed by atoms with Crippen LogP contribution in [0.3, 0.4) is 0 Å². The number of nitriles is 1. The molecule has 1 aromatic heterocycles. The Morgan fingerprint density at radius 1 is 1.73 bits per heavy atom. The van der Waals surface area contributed by atoms with Gasteiger partial charge in [-0.25, -0.2) is 4.98 Å². The van der Waals surface area contributed by atoms with Crippen LogP contribution in [-0.4, -0.2) is 22.7 Å². The molecule has 1 unspecified atom stereocenters. The van der Waals surface area contributed by atoms with E-state index < -0.39 is 6.10 Å². The van der Waals surface area contributed by atoms with Crippen LogP contribution < -0.4 is 11.1 Å². The van der Waals surface area contributed by atoms with E-state index in [9.17, 15) is 5.11 Å². The Labute approximate surface area is 88.6 Å². The van der Waals surface area contributed by atoms with E-state index in [1.165, 1.54) is 6.20 Å². The third-order valence-electron chi connectivity index (χ3n) is 2.09. The summed E-state index contributed by atoms with van der Waals surface area (Å²) in [5, 5.41) is 21.0. The molecule has 1 atom stereocenters. The molecule has 0 bridgehead atoms. The van der Waals surface area contributed by atoms with Crippen LogP contribution in [-0.2, 0) is 0 Å². The first-order valence-electron chi connectivity index (χ1n) is 4.75. The minimum Gasteiger partial charge on any atom is -0.395 e. The molecule has 0 spiro atoms. The Bertz CT molecular complexity index is 372. The highest BCUT2D eigenvalue weighted by atomic mass is 16.3. The fraction of sp³-hybridized carbons (Fsp3) is 0.400. The van der Waals surface area contributed by atoms with Crippen LogP contribution in [0.4, 0.5) is 11.5 Å². The van der Waals surface area contributed by atoms with Crippen molar-refractivity contribution in [1.82, 2.24) is 4.98 Å². The Hall–Kier alpha value is -1.80. The zero-order chi connectivity index (χ0) is 11.3. The molecule has 0 aromatic carbocycles. The lowest BCUT2D eigenvalue weighted by Gasteiger charge is -2.11. The number of aliphatic hydroxyl groups excluding tert-OH is 1. The van der Waals surface area contributed by atoms with Gasteiger partial charge in [0.15, 0.2) is 5.82 Å². The summed E-state index contributed by atoms with van der Waals surface area (Å²) in [7, 11) is 0. The molecule has 0 amide bonds. The van der Waals surface area contributed by atoms with E-state index in [4.69, 9.17) is 11.0 Å². The normalized spacial score (nSPS) is 11.8. The van der Waals surface area contributed by atoms with E-state index in [2.05, 4.69) is 10.3 Å². The predicted octanol–water partition coefficient (Wildman–Crippen LogP) is 0.718. The van der Waals surface area contributed by atoms with E-state index in [-0.39, 0.29) is 0 Å². The molecule has 1 rings (SSSR count). The molecule has 0 saturated carbocycles. The van der Waals surface area contributed by atoms with Crippen molar-refractivity contribution in [3.63, 3.8) is 0 Å². The molecule has 1 heterocycles. The molecule has 15 heavy (non-hydrogen) atoms. The maximum Gasteiger partial charge on any atom is 0.150 e. The average molecular weight is 206 g/mol. The maximum absolute atomic E-state index is 9.34. The number of hydrogen-bond donors (Lipinski definition) is 3. The molecule has 0 radical (unpaired) electrons. The number of pyridine rings is 1. The van der Waals surface area contributed by atoms with Crippen LogP contribution in [0, 0.1) is 11.3 Å². The Balaban J connectivity index is 2.74. The number of rotatable bonds is 4. The number of nitrogens with one attached hydrogen (secondary N) is 1. The predicted molar refractivity (Wildman–Crippen MR) is 58.2 cm³/mol. The lowest BCUT2D eigenvalue weighted by Crippen LogP contribution is -2.19. The summed E-state index contributed by atoms with van der Waals surface area (Å²) in [6, 6.07) is 3.52. The van der Waals surface area contributed by atoms with Crippen molar-refractivity contribution in [3.8, 4) is 6.07 Å². The van der Waals surface area contributed by atoms with Gasteiger partial charge in [0.25, 0.3) is 0 Å². The molecular weight excluding hydrogens is 192 g/mol. The van der Waals surface area contributed by atoms with Gasteiger partial charge in [0.2, 0.25) is 0 Å². The van der Waals surface area contributed by atoms with E-state index in [0.717, 1.165) is 0 Å². The number of anilines is 2. The third-order valence-corrected chi connectivity index (χ3v) is 2.09. The fourth-order valence-corrected chi connectivity index (χ4v) is 1.07. The SMILES string of the molecule is CCC(O)CNc1nccc(C#N)c1N. The molecule has 5 heteroatoms. The summed E-state index contributed by atoms with van der Waals surface area (Å²) in [6.07, 6.45) is 1.73. The smallest absolute Gasteiger partial charge is 0.150 e. The van der Waals surface area contributed by atoms with Gasteiger partial charge in [0.05, 0.1) is 17.4 Å². The average Bonchev–Trinajstić information content (AvgIpc) is 2.27. The Kier molecular flexibility index (Phi) is 3.89. The molecule has 1 aromatic rings. The minimum atomic E-state index is -0.433. The van der Waals surface area contributed by atoms with E-state index in [1.807, 2.05) is 13.0 Å². The zero-order valence-electron chi connectivity index (χ0n) is 8.57. The summed E-state index contributed by atoms with van der Waals surface area (Å²) in [5.41, 5.74) is 6.40. The quantitative estimate of drug-likeness (QED) is 0.674. The summed E-state index contributed by atoms with van der Waals surface area (Å²) in [4.78, 5) is 3.99. The number of hydrogen-bond acceptors (Lipinski definition) is 5.